The van der Waals surface area contributed by atoms with Crippen molar-refractivity contribution in [1.82, 2.24) is 0 Å². The van der Waals surface area contributed by atoms with E-state index in [1.54, 1.807) is 0 Å². The van der Waals surface area contributed by atoms with E-state index in [9.17, 15) is 4.79 Å². The normalized spacial score (nSPS) is 13.1. The first-order chi connectivity index (χ1) is 10.7. The van der Waals surface area contributed by atoms with Crippen molar-refractivity contribution in [3.05, 3.63) is 58.1 Å². The van der Waals surface area contributed by atoms with Gasteiger partial charge in [0.15, 0.2) is 6.61 Å². The van der Waals surface area contributed by atoms with E-state index in [-0.39, 0.29) is 12.5 Å². The number of fused-ring (bicyclic) bond motifs is 1. The molecule has 3 nitrogen and oxygen atoms in total. The molecule has 22 heavy (non-hydrogen) atoms. The molecule has 114 valence electrons. The second kappa shape index (κ2) is 6.53. The van der Waals surface area contributed by atoms with Crippen molar-refractivity contribution in [1.29, 1.82) is 0 Å². The summed E-state index contributed by atoms with van der Waals surface area (Å²) in [6.07, 6.45) is 1.89. The molecule has 0 unspecified atom stereocenters. The van der Waals surface area contributed by atoms with E-state index in [1.807, 2.05) is 41.3 Å². The van der Waals surface area contributed by atoms with Crippen molar-refractivity contribution in [3.8, 4) is 5.75 Å². The van der Waals surface area contributed by atoms with E-state index in [0.29, 0.717) is 5.75 Å². The zero-order chi connectivity index (χ0) is 15.5. The van der Waals surface area contributed by atoms with Crippen LogP contribution in [0.15, 0.2) is 46.9 Å². The molecule has 0 saturated carbocycles. The van der Waals surface area contributed by atoms with Gasteiger partial charge in [-0.2, -0.15) is 0 Å². The lowest BCUT2D eigenvalue weighted by Crippen LogP contribution is -2.33. The third kappa shape index (κ3) is 3.02. The van der Waals surface area contributed by atoms with Crippen molar-refractivity contribution >= 4 is 27.5 Å². The van der Waals surface area contributed by atoms with Crippen LogP contribution in [0.2, 0.25) is 0 Å². The minimum atomic E-state index is -0.00332. The number of para-hydroxylation sites is 1. The quantitative estimate of drug-likeness (QED) is 0.826. The summed E-state index contributed by atoms with van der Waals surface area (Å²) in [7, 11) is 0. The Balaban J connectivity index is 1.66. The van der Waals surface area contributed by atoms with Gasteiger partial charge in [0.1, 0.15) is 5.75 Å². The third-order valence-electron chi connectivity index (χ3n) is 3.94. The van der Waals surface area contributed by atoms with E-state index in [4.69, 9.17) is 4.74 Å². The van der Waals surface area contributed by atoms with E-state index in [0.717, 1.165) is 29.5 Å². The van der Waals surface area contributed by atoms with Crippen LogP contribution >= 0.6 is 15.9 Å². The maximum Gasteiger partial charge on any atom is 0.264 e. The second-order valence-corrected chi connectivity index (χ2v) is 6.19. The predicted molar refractivity (Wildman–Crippen MR) is 91.5 cm³/mol. The average Bonchev–Trinajstić information content (AvgIpc) is 2.97. The summed E-state index contributed by atoms with van der Waals surface area (Å²) < 4.78 is 6.58. The van der Waals surface area contributed by atoms with Crippen molar-refractivity contribution < 1.29 is 9.53 Å². The molecule has 0 radical (unpaired) electrons. The summed E-state index contributed by atoms with van der Waals surface area (Å²) >= 11 is 3.50. The standard InChI is InChI=1S/C18H18BrNO2/c1-2-13-7-8-17(15(19)11-13)22-12-18(21)20-10-9-14-5-3-4-6-16(14)20/h3-8,11H,2,9-10,12H2,1H3. The summed E-state index contributed by atoms with van der Waals surface area (Å²) in [5.41, 5.74) is 3.47. The summed E-state index contributed by atoms with van der Waals surface area (Å²) in [5.74, 6) is 0.703. The number of carbonyl (C=O) groups excluding carboxylic acids is 1. The lowest BCUT2D eigenvalue weighted by atomic mass is 10.2. The number of hydrogen-bond donors (Lipinski definition) is 0. The van der Waals surface area contributed by atoms with Crippen LogP contribution in [0, 0.1) is 0 Å². The van der Waals surface area contributed by atoms with Gasteiger partial charge in [-0.05, 0) is 58.1 Å². The van der Waals surface area contributed by atoms with Gasteiger partial charge in [0.05, 0.1) is 4.47 Å². The predicted octanol–water partition coefficient (Wildman–Crippen LogP) is 3.98. The van der Waals surface area contributed by atoms with Crippen molar-refractivity contribution in [3.63, 3.8) is 0 Å². The van der Waals surface area contributed by atoms with Crippen LogP contribution < -0.4 is 9.64 Å². The van der Waals surface area contributed by atoms with Gasteiger partial charge in [-0.15, -0.1) is 0 Å². The highest BCUT2D eigenvalue weighted by atomic mass is 79.9. The Kier molecular flexibility index (Phi) is 4.48. The first kappa shape index (κ1) is 15.1. The molecule has 0 fully saturated rings. The van der Waals surface area contributed by atoms with Gasteiger partial charge in [-0.3, -0.25) is 4.79 Å². The monoisotopic (exact) mass is 359 g/mol. The molecule has 4 heteroatoms. The van der Waals surface area contributed by atoms with Crippen LogP contribution in [0.3, 0.4) is 0 Å². The maximum atomic E-state index is 12.4. The van der Waals surface area contributed by atoms with Crippen molar-refractivity contribution in [2.24, 2.45) is 0 Å². The highest BCUT2D eigenvalue weighted by Gasteiger charge is 2.24. The SMILES string of the molecule is CCc1ccc(OCC(=O)N2CCc3ccccc32)c(Br)c1. The molecule has 3 rings (SSSR count). The molecule has 0 atom stereocenters. The molecular weight excluding hydrogens is 342 g/mol. The van der Waals surface area contributed by atoms with Gasteiger partial charge in [0, 0.05) is 12.2 Å². The van der Waals surface area contributed by atoms with E-state index in [2.05, 4.69) is 28.9 Å². The summed E-state index contributed by atoms with van der Waals surface area (Å²) in [6.45, 7) is 2.90. The molecule has 0 N–H and O–H groups in total. The van der Waals surface area contributed by atoms with Crippen molar-refractivity contribution in [2.75, 3.05) is 18.1 Å². The van der Waals surface area contributed by atoms with Crippen LogP contribution in [0.1, 0.15) is 18.1 Å². The number of benzene rings is 2. The number of amides is 1. The molecule has 0 saturated heterocycles. The largest absolute Gasteiger partial charge is 0.483 e. The number of aryl methyl sites for hydroxylation is 1. The van der Waals surface area contributed by atoms with Crippen LogP contribution in [0.25, 0.3) is 0 Å². The molecule has 2 aromatic carbocycles. The van der Waals surface area contributed by atoms with E-state index in [1.165, 1.54) is 11.1 Å². The Morgan fingerprint density at radius 2 is 2.09 bits per heavy atom. The van der Waals surface area contributed by atoms with Gasteiger partial charge in [0.25, 0.3) is 5.91 Å². The molecule has 0 bridgehead atoms. The number of anilines is 1. The average molecular weight is 360 g/mol. The Labute approximate surface area is 139 Å². The van der Waals surface area contributed by atoms with Crippen LogP contribution in [-0.4, -0.2) is 19.1 Å². The van der Waals surface area contributed by atoms with E-state index >= 15 is 0 Å². The van der Waals surface area contributed by atoms with Gasteiger partial charge in [-0.1, -0.05) is 31.2 Å². The van der Waals surface area contributed by atoms with E-state index < -0.39 is 0 Å². The van der Waals surface area contributed by atoms with Crippen LogP contribution in [0.5, 0.6) is 5.75 Å². The number of halogens is 1. The zero-order valence-electron chi connectivity index (χ0n) is 12.5. The Hall–Kier alpha value is -1.81. The molecule has 1 heterocycles. The molecule has 0 aromatic heterocycles. The fourth-order valence-electron chi connectivity index (χ4n) is 2.70. The molecular formula is C18H18BrNO2. The fourth-order valence-corrected chi connectivity index (χ4v) is 3.24. The minimum absolute atomic E-state index is 0.00332. The van der Waals surface area contributed by atoms with Crippen LogP contribution in [0.4, 0.5) is 5.69 Å². The fraction of sp³-hybridized carbons (Fsp3) is 0.278. The Morgan fingerprint density at radius 1 is 1.27 bits per heavy atom. The van der Waals surface area contributed by atoms with Gasteiger partial charge >= 0.3 is 0 Å². The third-order valence-corrected chi connectivity index (χ3v) is 4.56. The number of hydrogen-bond acceptors (Lipinski definition) is 2. The molecule has 0 spiro atoms. The number of nitrogens with zero attached hydrogens (tertiary/aromatic N) is 1. The highest BCUT2D eigenvalue weighted by Crippen LogP contribution is 2.29. The number of ether oxygens (including phenoxy) is 1. The topological polar surface area (TPSA) is 29.5 Å². The first-order valence-corrected chi connectivity index (χ1v) is 8.28. The molecule has 2 aromatic rings. The first-order valence-electron chi connectivity index (χ1n) is 7.48. The lowest BCUT2D eigenvalue weighted by Gasteiger charge is -2.18. The minimum Gasteiger partial charge on any atom is -0.483 e. The summed E-state index contributed by atoms with van der Waals surface area (Å²) in [5, 5.41) is 0. The Morgan fingerprint density at radius 3 is 2.86 bits per heavy atom. The Bertz CT molecular complexity index is 699. The molecule has 1 aliphatic rings. The van der Waals surface area contributed by atoms with Crippen molar-refractivity contribution in [2.45, 2.75) is 19.8 Å². The lowest BCUT2D eigenvalue weighted by molar-refractivity contribution is -0.120. The van der Waals surface area contributed by atoms with Gasteiger partial charge in [-0.25, -0.2) is 0 Å². The molecule has 1 aliphatic heterocycles. The smallest absolute Gasteiger partial charge is 0.264 e. The number of rotatable bonds is 4. The van der Waals surface area contributed by atoms with Crippen LogP contribution in [-0.2, 0) is 17.6 Å². The molecule has 0 aliphatic carbocycles. The van der Waals surface area contributed by atoms with Gasteiger partial charge in [0.2, 0.25) is 0 Å². The van der Waals surface area contributed by atoms with Gasteiger partial charge < -0.3 is 9.64 Å². The maximum absolute atomic E-state index is 12.4. The highest BCUT2D eigenvalue weighted by molar-refractivity contribution is 9.10. The number of carbonyl (C=O) groups is 1. The molecule has 1 amide bonds. The second-order valence-electron chi connectivity index (χ2n) is 5.33. The summed E-state index contributed by atoms with van der Waals surface area (Å²) in [4.78, 5) is 14.2. The summed E-state index contributed by atoms with van der Waals surface area (Å²) in [6, 6.07) is 14.0. The zero-order valence-corrected chi connectivity index (χ0v) is 14.1.